The maximum atomic E-state index is 13.1. The first-order valence-electron chi connectivity index (χ1n) is 12.3. The number of ether oxygens (including phenoxy) is 2. The van der Waals surface area contributed by atoms with Crippen molar-refractivity contribution in [3.63, 3.8) is 0 Å². The van der Waals surface area contributed by atoms with Gasteiger partial charge in [0.2, 0.25) is 17.4 Å². The van der Waals surface area contributed by atoms with E-state index in [1.165, 1.54) is 24.4 Å². The van der Waals surface area contributed by atoms with Crippen LogP contribution in [0, 0.1) is 0 Å². The Morgan fingerprint density at radius 1 is 1.27 bits per heavy atom. The number of nitrogens with zero attached hydrogens (tertiary/aromatic N) is 3. The number of hydrogen-bond acceptors (Lipinski definition) is 6. The number of hydrogen-bond donors (Lipinski definition) is 2. The molecule has 0 saturated carbocycles. The number of carbonyl (C=O) groups excluding carboxylic acids is 2. The van der Waals surface area contributed by atoms with Gasteiger partial charge in [0.25, 0.3) is 5.91 Å². The van der Waals surface area contributed by atoms with Crippen molar-refractivity contribution in [1.82, 2.24) is 19.4 Å². The van der Waals surface area contributed by atoms with Gasteiger partial charge in [0.1, 0.15) is 16.9 Å². The Kier molecular flexibility index (Phi) is 7.29. The van der Waals surface area contributed by atoms with Gasteiger partial charge in [-0.15, -0.1) is 0 Å². The molecule has 0 bridgehead atoms. The molecule has 0 aliphatic carbocycles. The molecule has 4 heterocycles. The number of pyridine rings is 1. The molecule has 0 spiro atoms. The summed E-state index contributed by atoms with van der Waals surface area (Å²) in [6.07, 6.45) is 5.87. The molecule has 2 N–H and O–H groups in total. The smallest absolute Gasteiger partial charge is 0.258 e. The average Bonchev–Trinajstić information content (AvgIpc) is 3.46. The van der Waals surface area contributed by atoms with Crippen LogP contribution in [0.15, 0.2) is 47.9 Å². The fourth-order valence-corrected chi connectivity index (χ4v) is 5.16. The van der Waals surface area contributed by atoms with Gasteiger partial charge < -0.3 is 23.9 Å². The molecule has 2 saturated heterocycles. The van der Waals surface area contributed by atoms with Crippen molar-refractivity contribution in [3.8, 4) is 5.75 Å². The minimum Gasteiger partial charge on any atom is -0.486 e. The van der Waals surface area contributed by atoms with Gasteiger partial charge in [0, 0.05) is 37.3 Å². The zero-order chi connectivity index (χ0) is 25.9. The second-order valence-corrected chi connectivity index (χ2v) is 9.57. The highest BCUT2D eigenvalue weighted by Crippen LogP contribution is 2.39. The Labute approximate surface area is 218 Å². The molecule has 10 nitrogen and oxygen atoms in total. The van der Waals surface area contributed by atoms with Crippen LogP contribution < -0.4 is 15.6 Å². The monoisotopic (exact) mass is 525 g/mol. The van der Waals surface area contributed by atoms with E-state index in [9.17, 15) is 14.4 Å². The number of fused-ring (bicyclic) bond motifs is 1. The highest BCUT2D eigenvalue weighted by molar-refractivity contribution is 6.36. The molecule has 2 amide bonds. The fourth-order valence-electron chi connectivity index (χ4n) is 4.87. The number of anilines is 1. The lowest BCUT2D eigenvalue weighted by Gasteiger charge is -2.26. The molecule has 37 heavy (non-hydrogen) atoms. The summed E-state index contributed by atoms with van der Waals surface area (Å²) in [7, 11) is 0. The van der Waals surface area contributed by atoms with Gasteiger partial charge in [-0.2, -0.15) is 0 Å². The summed E-state index contributed by atoms with van der Waals surface area (Å²) >= 11 is 6.92. The lowest BCUT2D eigenvalue weighted by Crippen LogP contribution is -2.34. The van der Waals surface area contributed by atoms with Crippen LogP contribution in [0.4, 0.5) is 5.95 Å². The minimum absolute atomic E-state index is 0.0970. The third-order valence-corrected chi connectivity index (χ3v) is 7.06. The molecule has 1 aromatic carbocycles. The van der Waals surface area contributed by atoms with Crippen molar-refractivity contribution in [2.45, 2.75) is 37.8 Å². The van der Waals surface area contributed by atoms with Crippen molar-refractivity contribution >= 4 is 40.4 Å². The standard InChI is InChI=1S/C26H28ClN5O5/c1-2-22(34)31-11-4-3-5-17(14-31)32-24-19(6-7-20(23(24)27)37-18-9-12-36-15-18)29-26(32)30-25(35)16-8-10-28-21(33)13-16/h2,6-8,10,13,17-18H,1,3-5,9,11-12,14-15H2,(H,28,33)(H,29,30,35)/t17-,18+/m1/s1. The van der Waals surface area contributed by atoms with Gasteiger partial charge >= 0.3 is 0 Å². The van der Waals surface area contributed by atoms with Crippen molar-refractivity contribution in [2.24, 2.45) is 0 Å². The Bertz CT molecular complexity index is 1390. The fraction of sp³-hybridized carbons (Fsp3) is 0.385. The third kappa shape index (κ3) is 5.26. The number of aromatic amines is 1. The zero-order valence-corrected chi connectivity index (χ0v) is 21.0. The number of carbonyl (C=O) groups is 2. The topological polar surface area (TPSA) is 119 Å². The predicted molar refractivity (Wildman–Crippen MR) is 139 cm³/mol. The summed E-state index contributed by atoms with van der Waals surface area (Å²) in [5, 5.41) is 3.23. The zero-order valence-electron chi connectivity index (χ0n) is 20.2. The van der Waals surface area contributed by atoms with Gasteiger partial charge in [-0.05, 0) is 43.5 Å². The van der Waals surface area contributed by atoms with Gasteiger partial charge in [-0.25, -0.2) is 4.98 Å². The van der Waals surface area contributed by atoms with E-state index in [0.29, 0.717) is 48.1 Å². The second-order valence-electron chi connectivity index (χ2n) is 9.19. The van der Waals surface area contributed by atoms with Crippen LogP contribution in [0.25, 0.3) is 11.0 Å². The van der Waals surface area contributed by atoms with Gasteiger partial charge in [-0.3, -0.25) is 19.7 Å². The summed E-state index contributed by atoms with van der Waals surface area (Å²) in [5.41, 5.74) is 0.997. The molecule has 0 radical (unpaired) electrons. The van der Waals surface area contributed by atoms with Crippen LogP contribution >= 0.6 is 11.6 Å². The number of H-pyrrole nitrogens is 1. The van der Waals surface area contributed by atoms with E-state index in [0.717, 1.165) is 25.7 Å². The molecule has 11 heteroatoms. The molecule has 2 fully saturated rings. The van der Waals surface area contributed by atoms with Crippen LogP contribution in [-0.2, 0) is 9.53 Å². The molecule has 2 aliphatic rings. The molecule has 194 valence electrons. The van der Waals surface area contributed by atoms with E-state index in [2.05, 4.69) is 21.9 Å². The van der Waals surface area contributed by atoms with E-state index >= 15 is 0 Å². The molecule has 0 unspecified atom stereocenters. The normalized spacial score (nSPS) is 20.0. The maximum absolute atomic E-state index is 13.1. The van der Waals surface area contributed by atoms with Crippen molar-refractivity contribution < 1.29 is 19.1 Å². The number of rotatable bonds is 6. The molecular weight excluding hydrogens is 498 g/mol. The van der Waals surface area contributed by atoms with E-state index in [1.54, 1.807) is 17.0 Å². The molecule has 3 aromatic rings. The lowest BCUT2D eigenvalue weighted by molar-refractivity contribution is -0.126. The molecule has 5 rings (SSSR count). The molecule has 2 aliphatic heterocycles. The minimum atomic E-state index is -0.481. The summed E-state index contributed by atoms with van der Waals surface area (Å²) in [5.74, 6) is 0.153. The Morgan fingerprint density at radius 3 is 2.89 bits per heavy atom. The van der Waals surface area contributed by atoms with E-state index in [-0.39, 0.29) is 35.1 Å². The highest BCUT2D eigenvalue weighted by atomic mass is 35.5. The quantitative estimate of drug-likeness (QED) is 0.475. The number of likely N-dealkylation sites (tertiary alicyclic amines) is 1. The van der Waals surface area contributed by atoms with E-state index in [4.69, 9.17) is 21.1 Å². The number of aromatic nitrogens is 3. The highest BCUT2D eigenvalue weighted by Gasteiger charge is 2.29. The first-order valence-corrected chi connectivity index (χ1v) is 12.7. The van der Waals surface area contributed by atoms with Crippen LogP contribution in [0.1, 0.15) is 42.1 Å². The first-order chi connectivity index (χ1) is 17.9. The molecule has 2 atom stereocenters. The molecular formula is C26H28ClN5O5. The number of nitrogens with one attached hydrogen (secondary N) is 2. The van der Waals surface area contributed by atoms with E-state index in [1.807, 2.05) is 4.57 Å². The van der Waals surface area contributed by atoms with Crippen molar-refractivity contribution in [3.05, 3.63) is 64.1 Å². The summed E-state index contributed by atoms with van der Waals surface area (Å²) in [4.78, 5) is 46.3. The third-order valence-electron chi connectivity index (χ3n) is 6.70. The SMILES string of the molecule is C=CC(=O)N1CCCC[C@@H](n2c(NC(=O)c3cc[nH]c(=O)c3)nc3ccc(O[C@H]4CCOC4)c(Cl)c32)C1. The number of imidazole rings is 1. The largest absolute Gasteiger partial charge is 0.486 e. The first kappa shape index (κ1) is 25.0. The van der Waals surface area contributed by atoms with E-state index < -0.39 is 5.91 Å². The predicted octanol–water partition coefficient (Wildman–Crippen LogP) is 3.54. The number of halogens is 1. The van der Waals surface area contributed by atoms with Crippen LogP contribution in [0.5, 0.6) is 5.75 Å². The second kappa shape index (κ2) is 10.8. The molecule has 2 aromatic heterocycles. The number of benzene rings is 1. The van der Waals surface area contributed by atoms with Gasteiger partial charge in [0.15, 0.2) is 0 Å². The van der Waals surface area contributed by atoms with Crippen LogP contribution in [-0.4, -0.2) is 63.7 Å². The summed E-state index contributed by atoms with van der Waals surface area (Å²) in [6, 6.07) is 6.09. The summed E-state index contributed by atoms with van der Waals surface area (Å²) < 4.78 is 13.4. The average molecular weight is 526 g/mol. The maximum Gasteiger partial charge on any atom is 0.258 e. The summed E-state index contributed by atoms with van der Waals surface area (Å²) in [6.45, 7) is 5.78. The van der Waals surface area contributed by atoms with Crippen molar-refractivity contribution in [2.75, 3.05) is 31.6 Å². The Hall–Kier alpha value is -3.63. The Balaban J connectivity index is 1.59. The van der Waals surface area contributed by atoms with Crippen LogP contribution in [0.3, 0.4) is 0 Å². The van der Waals surface area contributed by atoms with Crippen molar-refractivity contribution in [1.29, 1.82) is 0 Å². The lowest BCUT2D eigenvalue weighted by atomic mass is 10.1. The Morgan fingerprint density at radius 2 is 2.14 bits per heavy atom. The van der Waals surface area contributed by atoms with Crippen LogP contribution in [0.2, 0.25) is 5.02 Å². The van der Waals surface area contributed by atoms with Gasteiger partial charge in [0.05, 0.1) is 30.3 Å². The number of amides is 2. The van der Waals surface area contributed by atoms with Gasteiger partial charge in [-0.1, -0.05) is 18.2 Å².